The first kappa shape index (κ1) is 9.31. The third-order valence-corrected chi connectivity index (χ3v) is 1.60. The number of carbonyl (C=O) groups is 1. The molecule has 0 radical (unpaired) electrons. The quantitative estimate of drug-likeness (QED) is 0.451. The van der Waals surface area contributed by atoms with Crippen molar-refractivity contribution < 1.29 is 9.53 Å². The van der Waals surface area contributed by atoms with Gasteiger partial charge in [-0.2, -0.15) is 11.8 Å². The highest BCUT2D eigenvalue weighted by atomic mass is 32.2. The molecule has 4 heteroatoms. The molecule has 0 saturated heterocycles. The predicted molar refractivity (Wildman–Crippen MR) is 40.8 cm³/mol. The number of thioether (sulfide) groups is 1. The van der Waals surface area contributed by atoms with Crippen molar-refractivity contribution in [3.8, 4) is 0 Å². The fourth-order valence-electron chi connectivity index (χ4n) is 0.452. The predicted octanol–water partition coefficient (Wildman–Crippen LogP) is 0.810. The van der Waals surface area contributed by atoms with E-state index in [1.54, 1.807) is 0 Å². The number of carbonyl (C=O) groups excluding carboxylic acids is 1. The molecule has 10 heavy (non-hydrogen) atoms. The van der Waals surface area contributed by atoms with Gasteiger partial charge in [-0.25, -0.2) is 11.4 Å². The van der Waals surface area contributed by atoms with Gasteiger partial charge in [-0.3, -0.25) is 0 Å². The van der Waals surface area contributed by atoms with Crippen LogP contribution in [0.5, 0.6) is 0 Å². The van der Waals surface area contributed by atoms with Crippen molar-refractivity contribution in [3.63, 3.8) is 0 Å². The van der Waals surface area contributed by atoms with E-state index in [1.807, 2.05) is 6.26 Å². The molecule has 3 nitrogen and oxygen atoms in total. The summed E-state index contributed by atoms with van der Waals surface area (Å²) < 4.78 is 4.39. The second-order valence-corrected chi connectivity index (χ2v) is 2.53. The third kappa shape index (κ3) is 2.74. The van der Waals surface area contributed by atoms with Gasteiger partial charge >= 0.3 is 12.0 Å². The van der Waals surface area contributed by atoms with Crippen molar-refractivity contribution in [1.29, 1.82) is 0 Å². The molecule has 0 amide bonds. The fourth-order valence-corrected chi connectivity index (χ4v) is 0.978. The normalized spacial score (nSPS) is 11.7. The summed E-state index contributed by atoms with van der Waals surface area (Å²) in [6.07, 6.45) is 1.85. The minimum atomic E-state index is -0.625. The summed E-state index contributed by atoms with van der Waals surface area (Å²) in [5.41, 5.74) is 0. The molecule has 56 valence electrons. The Labute approximate surface area is 64.6 Å². The molecule has 0 aliphatic rings. The number of hydrogen-bond donors (Lipinski definition) is 0. The summed E-state index contributed by atoms with van der Waals surface area (Å²) >= 11 is 1.46. The second-order valence-electron chi connectivity index (χ2n) is 1.62. The zero-order valence-corrected chi connectivity index (χ0v) is 6.77. The molecule has 1 atom stereocenters. The van der Waals surface area contributed by atoms with Crippen molar-refractivity contribution >= 4 is 17.7 Å². The Balaban J connectivity index is 3.84. The van der Waals surface area contributed by atoms with Gasteiger partial charge in [-0.05, 0) is 6.26 Å². The van der Waals surface area contributed by atoms with Crippen LogP contribution in [0.15, 0.2) is 0 Å². The number of methoxy groups -OCH3 is 1. The fraction of sp³-hybridized carbons (Fsp3) is 0.667. The van der Waals surface area contributed by atoms with Gasteiger partial charge in [-0.1, -0.05) is 0 Å². The maximum atomic E-state index is 10.7. The first-order chi connectivity index (χ1) is 4.76. The van der Waals surface area contributed by atoms with Gasteiger partial charge < -0.3 is 9.58 Å². The van der Waals surface area contributed by atoms with Gasteiger partial charge in [0.2, 0.25) is 0 Å². The molecule has 0 aromatic rings. The molecular formula is C6H9NO2S. The van der Waals surface area contributed by atoms with E-state index in [1.165, 1.54) is 18.9 Å². The number of esters is 1. The Hall–Kier alpha value is -0.690. The summed E-state index contributed by atoms with van der Waals surface area (Å²) in [6.45, 7) is 6.61. The summed E-state index contributed by atoms with van der Waals surface area (Å²) in [5, 5.41) is 0. The molecule has 0 aromatic carbocycles. The molecule has 0 spiro atoms. The van der Waals surface area contributed by atoms with E-state index in [0.29, 0.717) is 5.75 Å². The van der Waals surface area contributed by atoms with Crippen LogP contribution in [0.1, 0.15) is 0 Å². The number of rotatable bonds is 3. The molecule has 0 saturated carbocycles. The van der Waals surface area contributed by atoms with Crippen molar-refractivity contribution in [2.24, 2.45) is 0 Å². The lowest BCUT2D eigenvalue weighted by Crippen LogP contribution is -2.20. The highest BCUT2D eigenvalue weighted by Gasteiger charge is 2.22. The zero-order chi connectivity index (χ0) is 7.98. The van der Waals surface area contributed by atoms with Crippen LogP contribution in [0, 0.1) is 6.57 Å². The lowest BCUT2D eigenvalue weighted by molar-refractivity contribution is -0.140. The topological polar surface area (TPSA) is 30.7 Å². The average Bonchev–Trinajstić information content (AvgIpc) is 1.99. The van der Waals surface area contributed by atoms with Crippen molar-refractivity contribution in [1.82, 2.24) is 0 Å². The zero-order valence-electron chi connectivity index (χ0n) is 5.96. The molecular weight excluding hydrogens is 150 g/mol. The van der Waals surface area contributed by atoms with Crippen molar-refractivity contribution in [3.05, 3.63) is 11.4 Å². The second kappa shape index (κ2) is 5.12. The SMILES string of the molecule is [C-]#[N+]C(CSC)C(=O)OC. The molecule has 0 bridgehead atoms. The smallest absolute Gasteiger partial charge is 0.390 e. The van der Waals surface area contributed by atoms with Crippen molar-refractivity contribution in [2.45, 2.75) is 6.04 Å². The Morgan fingerprint density at radius 3 is 2.80 bits per heavy atom. The lowest BCUT2D eigenvalue weighted by atomic mass is 10.4. The minimum absolute atomic E-state index is 0.440. The van der Waals surface area contributed by atoms with Crippen LogP contribution < -0.4 is 0 Å². The maximum absolute atomic E-state index is 10.7. The molecule has 0 heterocycles. The molecule has 0 aliphatic heterocycles. The van der Waals surface area contributed by atoms with Crippen LogP contribution in [0.4, 0.5) is 0 Å². The maximum Gasteiger partial charge on any atom is 0.390 e. The van der Waals surface area contributed by atoms with Gasteiger partial charge in [0.15, 0.2) is 0 Å². The lowest BCUT2D eigenvalue weighted by Gasteiger charge is -1.99. The molecule has 0 N–H and O–H groups in total. The van der Waals surface area contributed by atoms with Gasteiger partial charge in [0.05, 0.1) is 12.9 Å². The van der Waals surface area contributed by atoms with Gasteiger partial charge in [0.1, 0.15) is 0 Å². The molecule has 1 unspecified atom stereocenters. The van der Waals surface area contributed by atoms with E-state index in [9.17, 15) is 4.79 Å². The summed E-state index contributed by atoms with van der Waals surface area (Å²) in [5.74, 6) is 0.0697. The van der Waals surface area contributed by atoms with E-state index in [2.05, 4.69) is 9.58 Å². The molecule has 0 aromatic heterocycles. The summed E-state index contributed by atoms with van der Waals surface area (Å²) in [7, 11) is 1.29. The molecule has 0 aliphatic carbocycles. The highest BCUT2D eigenvalue weighted by molar-refractivity contribution is 7.98. The summed E-state index contributed by atoms with van der Waals surface area (Å²) in [4.78, 5) is 13.8. The third-order valence-electron chi connectivity index (χ3n) is 0.954. The number of ether oxygens (including phenoxy) is 1. The Bertz CT molecular complexity index is 152. The van der Waals surface area contributed by atoms with Crippen molar-refractivity contribution in [2.75, 3.05) is 19.1 Å². The van der Waals surface area contributed by atoms with E-state index < -0.39 is 12.0 Å². The van der Waals surface area contributed by atoms with Gasteiger partial charge in [0.25, 0.3) is 0 Å². The van der Waals surface area contributed by atoms with E-state index in [0.717, 1.165) is 0 Å². The van der Waals surface area contributed by atoms with Gasteiger partial charge in [-0.15, -0.1) is 0 Å². The van der Waals surface area contributed by atoms with Crippen LogP contribution in [-0.2, 0) is 9.53 Å². The number of nitrogens with zero attached hydrogens (tertiary/aromatic N) is 1. The molecule has 0 fully saturated rings. The Morgan fingerprint density at radius 2 is 2.50 bits per heavy atom. The van der Waals surface area contributed by atoms with Crippen LogP contribution in [0.3, 0.4) is 0 Å². The first-order valence-electron chi connectivity index (χ1n) is 2.69. The van der Waals surface area contributed by atoms with Gasteiger partial charge in [0, 0.05) is 0 Å². The van der Waals surface area contributed by atoms with E-state index >= 15 is 0 Å². The standard InChI is InChI=1S/C6H9NO2S/c1-7-5(4-10-3)6(8)9-2/h5H,4H2,2-3H3. The van der Waals surface area contributed by atoms with Crippen LogP contribution in [0.25, 0.3) is 4.85 Å². The largest absolute Gasteiger partial charge is 0.463 e. The Morgan fingerprint density at radius 1 is 1.90 bits per heavy atom. The van der Waals surface area contributed by atoms with E-state index in [-0.39, 0.29) is 0 Å². The van der Waals surface area contributed by atoms with E-state index in [4.69, 9.17) is 6.57 Å². The summed E-state index contributed by atoms with van der Waals surface area (Å²) in [6, 6.07) is -0.625. The number of hydrogen-bond acceptors (Lipinski definition) is 3. The van der Waals surface area contributed by atoms with Crippen LogP contribution in [-0.4, -0.2) is 31.1 Å². The Kier molecular flexibility index (Phi) is 4.77. The van der Waals surface area contributed by atoms with Crippen LogP contribution in [0.2, 0.25) is 0 Å². The average molecular weight is 159 g/mol. The first-order valence-corrected chi connectivity index (χ1v) is 4.09. The minimum Gasteiger partial charge on any atom is -0.463 e. The highest BCUT2D eigenvalue weighted by Crippen LogP contribution is 2.02. The van der Waals surface area contributed by atoms with Crippen LogP contribution >= 0.6 is 11.8 Å². The monoisotopic (exact) mass is 159 g/mol. The molecule has 0 rings (SSSR count).